The highest BCUT2D eigenvalue weighted by molar-refractivity contribution is 6.31. The van der Waals surface area contributed by atoms with E-state index in [0.717, 1.165) is 11.1 Å². The fourth-order valence-electron chi connectivity index (χ4n) is 2.01. The molecule has 19 heavy (non-hydrogen) atoms. The normalized spacial score (nSPS) is 12.8. The number of halogens is 2. The molecule has 0 radical (unpaired) electrons. The molecule has 3 aromatic rings. The molecule has 0 aliphatic carbocycles. The molecule has 1 unspecified atom stereocenters. The average molecular weight is 277 g/mol. The van der Waals surface area contributed by atoms with E-state index in [4.69, 9.17) is 17.3 Å². The van der Waals surface area contributed by atoms with Crippen LogP contribution in [0.25, 0.3) is 5.52 Å². The molecule has 0 bridgehead atoms. The molecule has 0 amide bonds. The predicted molar refractivity (Wildman–Crippen MR) is 70.4 cm³/mol. The van der Waals surface area contributed by atoms with E-state index >= 15 is 0 Å². The van der Waals surface area contributed by atoms with Crippen molar-refractivity contribution in [3.8, 4) is 0 Å². The summed E-state index contributed by atoms with van der Waals surface area (Å²) < 4.78 is 15.0. The van der Waals surface area contributed by atoms with Crippen LogP contribution in [-0.2, 0) is 0 Å². The first-order valence-electron chi connectivity index (χ1n) is 5.64. The van der Waals surface area contributed by atoms with Crippen molar-refractivity contribution in [2.75, 3.05) is 0 Å². The van der Waals surface area contributed by atoms with Crippen LogP contribution in [0.15, 0.2) is 43.0 Å². The van der Waals surface area contributed by atoms with Crippen molar-refractivity contribution in [1.82, 2.24) is 14.6 Å². The molecular weight excluding hydrogens is 267 g/mol. The summed E-state index contributed by atoms with van der Waals surface area (Å²) >= 11 is 6.07. The molecule has 2 N–H and O–H groups in total. The first-order valence-corrected chi connectivity index (χ1v) is 6.02. The molecule has 0 aliphatic heterocycles. The van der Waals surface area contributed by atoms with Gasteiger partial charge in [0.05, 0.1) is 24.0 Å². The highest BCUT2D eigenvalue weighted by atomic mass is 35.5. The number of fused-ring (bicyclic) bond motifs is 1. The topological polar surface area (TPSA) is 56.2 Å². The lowest BCUT2D eigenvalue weighted by Crippen LogP contribution is -2.12. The second-order valence-corrected chi connectivity index (χ2v) is 4.56. The SMILES string of the molecule is NC(c1cc(F)ccc1Cl)c1cnn2ccncc12. The fourth-order valence-corrected chi connectivity index (χ4v) is 2.25. The van der Waals surface area contributed by atoms with Crippen LogP contribution in [0.1, 0.15) is 17.2 Å². The Morgan fingerprint density at radius 3 is 2.95 bits per heavy atom. The van der Waals surface area contributed by atoms with E-state index in [-0.39, 0.29) is 5.82 Å². The summed E-state index contributed by atoms with van der Waals surface area (Å²) in [4.78, 5) is 4.04. The van der Waals surface area contributed by atoms with Gasteiger partial charge in [-0.25, -0.2) is 8.91 Å². The standard InChI is InChI=1S/C13H10ClFN4/c14-11-2-1-8(15)5-9(11)13(16)10-6-18-19-4-3-17-7-12(10)19/h1-7,13H,16H2. The van der Waals surface area contributed by atoms with E-state index in [9.17, 15) is 4.39 Å². The second-order valence-electron chi connectivity index (χ2n) is 4.15. The van der Waals surface area contributed by atoms with Gasteiger partial charge >= 0.3 is 0 Å². The fraction of sp³-hybridized carbons (Fsp3) is 0.0769. The summed E-state index contributed by atoms with van der Waals surface area (Å²) in [6.45, 7) is 0. The Labute approximate surface area is 113 Å². The largest absolute Gasteiger partial charge is 0.320 e. The third-order valence-corrected chi connectivity index (χ3v) is 3.33. The Morgan fingerprint density at radius 2 is 2.11 bits per heavy atom. The quantitative estimate of drug-likeness (QED) is 0.783. The Balaban J connectivity index is 2.13. The van der Waals surface area contributed by atoms with Gasteiger partial charge in [0.15, 0.2) is 0 Å². The van der Waals surface area contributed by atoms with Gasteiger partial charge in [-0.2, -0.15) is 5.10 Å². The van der Waals surface area contributed by atoms with Gasteiger partial charge < -0.3 is 5.73 Å². The molecule has 3 rings (SSSR count). The Hall–Kier alpha value is -1.98. The first kappa shape index (κ1) is 12.1. The molecule has 0 spiro atoms. The van der Waals surface area contributed by atoms with Crippen LogP contribution in [0.4, 0.5) is 4.39 Å². The minimum absolute atomic E-state index is 0.371. The third kappa shape index (κ3) is 2.07. The van der Waals surface area contributed by atoms with Crippen LogP contribution >= 0.6 is 11.6 Å². The third-order valence-electron chi connectivity index (χ3n) is 2.98. The van der Waals surface area contributed by atoms with Gasteiger partial charge in [0.1, 0.15) is 5.82 Å². The van der Waals surface area contributed by atoms with Crippen LogP contribution in [0.5, 0.6) is 0 Å². The molecule has 1 aromatic carbocycles. The smallest absolute Gasteiger partial charge is 0.123 e. The van der Waals surface area contributed by atoms with Gasteiger partial charge in [-0.3, -0.25) is 4.98 Å². The monoisotopic (exact) mass is 276 g/mol. The number of hydrogen-bond acceptors (Lipinski definition) is 3. The lowest BCUT2D eigenvalue weighted by molar-refractivity contribution is 0.623. The maximum atomic E-state index is 13.3. The number of rotatable bonds is 2. The van der Waals surface area contributed by atoms with Crippen LogP contribution in [-0.4, -0.2) is 14.6 Å². The lowest BCUT2D eigenvalue weighted by Gasteiger charge is -2.12. The number of nitrogens with zero attached hydrogens (tertiary/aromatic N) is 3. The summed E-state index contributed by atoms with van der Waals surface area (Å²) in [5.41, 5.74) is 8.22. The van der Waals surface area contributed by atoms with Crippen molar-refractivity contribution >= 4 is 17.1 Å². The maximum absolute atomic E-state index is 13.3. The summed E-state index contributed by atoms with van der Waals surface area (Å²) in [6.07, 6.45) is 6.65. The van der Waals surface area contributed by atoms with Crippen LogP contribution in [0, 0.1) is 5.82 Å². The van der Waals surface area contributed by atoms with Gasteiger partial charge in [0, 0.05) is 23.0 Å². The van der Waals surface area contributed by atoms with Gasteiger partial charge in [-0.15, -0.1) is 0 Å². The highest BCUT2D eigenvalue weighted by Gasteiger charge is 2.17. The zero-order valence-corrected chi connectivity index (χ0v) is 10.5. The minimum atomic E-state index is -0.551. The van der Waals surface area contributed by atoms with Crippen LogP contribution < -0.4 is 5.73 Å². The summed E-state index contributed by atoms with van der Waals surface area (Å²) in [6, 6.07) is 3.59. The summed E-state index contributed by atoms with van der Waals surface area (Å²) in [7, 11) is 0. The Bertz CT molecular complexity index is 740. The van der Waals surface area contributed by atoms with E-state index in [0.29, 0.717) is 10.6 Å². The van der Waals surface area contributed by atoms with Gasteiger partial charge in [0.2, 0.25) is 0 Å². The van der Waals surface area contributed by atoms with Crippen molar-refractivity contribution in [1.29, 1.82) is 0 Å². The molecule has 4 nitrogen and oxygen atoms in total. The van der Waals surface area contributed by atoms with E-state index in [1.807, 2.05) is 0 Å². The molecule has 0 saturated carbocycles. The molecule has 1 atom stereocenters. The maximum Gasteiger partial charge on any atom is 0.123 e. The summed E-state index contributed by atoms with van der Waals surface area (Å²) in [5, 5.41) is 4.61. The molecule has 0 aliphatic rings. The van der Waals surface area contributed by atoms with Crippen molar-refractivity contribution in [2.45, 2.75) is 6.04 Å². The van der Waals surface area contributed by atoms with Crippen LogP contribution in [0.3, 0.4) is 0 Å². The highest BCUT2D eigenvalue weighted by Crippen LogP contribution is 2.29. The molecule has 6 heteroatoms. The van der Waals surface area contributed by atoms with Gasteiger partial charge in [-0.05, 0) is 23.8 Å². The minimum Gasteiger partial charge on any atom is -0.320 e. The number of benzene rings is 1. The van der Waals surface area contributed by atoms with Gasteiger partial charge in [-0.1, -0.05) is 11.6 Å². The number of nitrogens with two attached hydrogens (primary N) is 1. The molecule has 2 aromatic heterocycles. The van der Waals surface area contributed by atoms with E-state index in [1.165, 1.54) is 18.2 Å². The predicted octanol–water partition coefficient (Wildman–Crippen LogP) is 2.57. The van der Waals surface area contributed by atoms with Gasteiger partial charge in [0.25, 0.3) is 0 Å². The lowest BCUT2D eigenvalue weighted by atomic mass is 10.0. The Morgan fingerprint density at radius 1 is 1.26 bits per heavy atom. The van der Waals surface area contributed by atoms with Crippen LogP contribution in [0.2, 0.25) is 5.02 Å². The van der Waals surface area contributed by atoms with E-state index in [1.54, 1.807) is 29.3 Å². The molecule has 2 heterocycles. The molecule has 0 saturated heterocycles. The zero-order chi connectivity index (χ0) is 13.4. The van der Waals surface area contributed by atoms with E-state index < -0.39 is 6.04 Å². The molecular formula is C13H10ClFN4. The number of hydrogen-bond donors (Lipinski definition) is 1. The summed E-state index contributed by atoms with van der Waals surface area (Å²) in [5.74, 6) is -0.371. The molecule has 0 fully saturated rings. The molecule has 96 valence electrons. The van der Waals surface area contributed by atoms with Crippen molar-refractivity contribution in [3.05, 3.63) is 65.0 Å². The zero-order valence-electron chi connectivity index (χ0n) is 9.79. The van der Waals surface area contributed by atoms with E-state index in [2.05, 4.69) is 10.1 Å². The number of aromatic nitrogens is 3. The second kappa shape index (κ2) is 4.60. The average Bonchev–Trinajstić information content (AvgIpc) is 2.84. The van der Waals surface area contributed by atoms with Crippen molar-refractivity contribution in [2.24, 2.45) is 5.73 Å². The van der Waals surface area contributed by atoms with Crippen molar-refractivity contribution < 1.29 is 4.39 Å². The van der Waals surface area contributed by atoms with Crippen molar-refractivity contribution in [3.63, 3.8) is 0 Å². The Kier molecular flexibility index (Phi) is 2.93. The first-order chi connectivity index (χ1) is 9.16.